The zero-order valence-electron chi connectivity index (χ0n) is 11.2. The Morgan fingerprint density at radius 3 is 2.57 bits per heavy atom. The molecule has 1 fully saturated rings. The number of rotatable bonds is 3. The predicted molar refractivity (Wildman–Crippen MR) is 81.5 cm³/mol. The molecule has 21 heavy (non-hydrogen) atoms. The fourth-order valence-electron chi connectivity index (χ4n) is 2.33. The van der Waals surface area contributed by atoms with Gasteiger partial charge in [0.25, 0.3) is 5.91 Å². The molecule has 2 aromatic rings. The van der Waals surface area contributed by atoms with Gasteiger partial charge >= 0.3 is 0 Å². The second-order valence-electron chi connectivity index (χ2n) is 5.08. The second-order valence-corrected chi connectivity index (χ2v) is 6.00. The van der Waals surface area contributed by atoms with Crippen molar-refractivity contribution >= 4 is 27.7 Å². The molecule has 0 unspecified atom stereocenters. The Morgan fingerprint density at radius 2 is 1.95 bits per heavy atom. The minimum Gasteiger partial charge on any atom is -0.357 e. The summed E-state index contributed by atoms with van der Waals surface area (Å²) in [7, 11) is 0. The molecule has 5 nitrogen and oxygen atoms in total. The number of hydrazine groups is 1. The number of halogens is 1. The Balaban J connectivity index is 1.67. The van der Waals surface area contributed by atoms with E-state index in [2.05, 4.69) is 31.8 Å². The number of aromatic amines is 1. The maximum atomic E-state index is 12.4. The summed E-state index contributed by atoms with van der Waals surface area (Å²) in [5.41, 5.74) is 5.80. The number of benzene rings is 1. The van der Waals surface area contributed by atoms with Crippen LogP contribution in [0.1, 0.15) is 28.9 Å². The van der Waals surface area contributed by atoms with Crippen LogP contribution in [0.4, 0.5) is 0 Å². The van der Waals surface area contributed by atoms with Gasteiger partial charge in [0.15, 0.2) is 0 Å². The summed E-state index contributed by atoms with van der Waals surface area (Å²) in [5.74, 6) is -0.543. The van der Waals surface area contributed by atoms with Crippen LogP contribution in [-0.4, -0.2) is 16.8 Å². The number of hydrogen-bond acceptors (Lipinski definition) is 2. The molecule has 3 rings (SSSR count). The van der Waals surface area contributed by atoms with Gasteiger partial charge in [-0.05, 0) is 42.7 Å². The van der Waals surface area contributed by atoms with Gasteiger partial charge in [-0.15, -0.1) is 0 Å². The highest BCUT2D eigenvalue weighted by Gasteiger charge is 2.51. The number of nitrogens with one attached hydrogen (secondary N) is 3. The van der Waals surface area contributed by atoms with Gasteiger partial charge in [-0.1, -0.05) is 28.1 Å². The van der Waals surface area contributed by atoms with Crippen LogP contribution in [0.3, 0.4) is 0 Å². The number of hydrogen-bond donors (Lipinski definition) is 3. The minimum atomic E-state index is -0.521. The Kier molecular flexibility index (Phi) is 3.55. The van der Waals surface area contributed by atoms with E-state index in [1.807, 2.05) is 24.3 Å². The van der Waals surface area contributed by atoms with E-state index in [-0.39, 0.29) is 11.8 Å². The molecule has 1 aliphatic rings. The highest BCUT2D eigenvalue weighted by Crippen LogP contribution is 2.48. The molecule has 108 valence electrons. The average Bonchev–Trinajstić information content (AvgIpc) is 3.12. The van der Waals surface area contributed by atoms with Crippen LogP contribution < -0.4 is 10.9 Å². The molecule has 0 atom stereocenters. The minimum absolute atomic E-state index is 0.180. The topological polar surface area (TPSA) is 74.0 Å². The van der Waals surface area contributed by atoms with E-state index in [0.717, 1.165) is 22.9 Å². The number of aromatic nitrogens is 1. The molecule has 1 saturated carbocycles. The standard InChI is InChI=1S/C15H14BrN3O2/c16-11-4-1-3-10(9-11)15(6-7-15)14(21)19-18-13(20)12-5-2-8-17-12/h1-5,8-9,17H,6-7H2,(H,18,20)(H,19,21). The Morgan fingerprint density at radius 1 is 1.14 bits per heavy atom. The molecule has 6 heteroatoms. The number of H-pyrrole nitrogens is 1. The van der Waals surface area contributed by atoms with E-state index in [9.17, 15) is 9.59 Å². The summed E-state index contributed by atoms with van der Waals surface area (Å²) >= 11 is 3.41. The highest BCUT2D eigenvalue weighted by atomic mass is 79.9. The van der Waals surface area contributed by atoms with E-state index in [1.54, 1.807) is 18.3 Å². The summed E-state index contributed by atoms with van der Waals surface area (Å²) in [6.45, 7) is 0. The van der Waals surface area contributed by atoms with Crippen molar-refractivity contribution in [3.05, 3.63) is 58.3 Å². The first-order valence-electron chi connectivity index (χ1n) is 6.62. The first kappa shape index (κ1) is 13.9. The van der Waals surface area contributed by atoms with Crippen LogP contribution >= 0.6 is 15.9 Å². The molecular formula is C15H14BrN3O2. The van der Waals surface area contributed by atoms with Crippen LogP contribution in [0.5, 0.6) is 0 Å². The highest BCUT2D eigenvalue weighted by molar-refractivity contribution is 9.10. The molecule has 1 aromatic carbocycles. The lowest BCUT2D eigenvalue weighted by molar-refractivity contribution is -0.124. The Labute approximate surface area is 130 Å². The molecular weight excluding hydrogens is 334 g/mol. The number of carbonyl (C=O) groups excluding carboxylic acids is 2. The van der Waals surface area contributed by atoms with Gasteiger partial charge in [0, 0.05) is 10.7 Å². The van der Waals surface area contributed by atoms with Gasteiger partial charge < -0.3 is 4.98 Å². The smallest absolute Gasteiger partial charge is 0.286 e. The monoisotopic (exact) mass is 347 g/mol. The lowest BCUT2D eigenvalue weighted by atomic mass is 9.95. The van der Waals surface area contributed by atoms with E-state index in [4.69, 9.17) is 0 Å². The third kappa shape index (κ3) is 2.71. The van der Waals surface area contributed by atoms with Crippen molar-refractivity contribution in [3.8, 4) is 0 Å². The van der Waals surface area contributed by atoms with Crippen LogP contribution in [0.15, 0.2) is 47.1 Å². The SMILES string of the molecule is O=C(NNC(=O)C1(c2cccc(Br)c2)CC1)c1ccc[nH]1. The van der Waals surface area contributed by atoms with Gasteiger partial charge in [0.2, 0.25) is 5.91 Å². The number of carbonyl (C=O) groups is 2. The van der Waals surface area contributed by atoms with Gasteiger partial charge in [0.1, 0.15) is 5.69 Å². The lowest BCUT2D eigenvalue weighted by Gasteiger charge is -2.16. The summed E-state index contributed by atoms with van der Waals surface area (Å²) < 4.78 is 0.939. The molecule has 0 bridgehead atoms. The molecule has 0 radical (unpaired) electrons. The molecule has 3 N–H and O–H groups in total. The normalized spacial score (nSPS) is 15.3. The van der Waals surface area contributed by atoms with Crippen LogP contribution in [0.25, 0.3) is 0 Å². The Bertz CT molecular complexity index is 678. The van der Waals surface area contributed by atoms with E-state index in [0.29, 0.717) is 5.69 Å². The summed E-state index contributed by atoms with van der Waals surface area (Å²) in [6.07, 6.45) is 3.22. The van der Waals surface area contributed by atoms with Crippen LogP contribution in [-0.2, 0) is 10.2 Å². The average molecular weight is 348 g/mol. The lowest BCUT2D eigenvalue weighted by Crippen LogP contribution is -2.46. The largest absolute Gasteiger partial charge is 0.357 e. The zero-order valence-corrected chi connectivity index (χ0v) is 12.7. The first-order chi connectivity index (χ1) is 10.1. The fourth-order valence-corrected chi connectivity index (χ4v) is 2.73. The van der Waals surface area contributed by atoms with Crippen molar-refractivity contribution < 1.29 is 9.59 Å². The van der Waals surface area contributed by atoms with Crippen LogP contribution in [0, 0.1) is 0 Å². The fraction of sp³-hybridized carbons (Fsp3) is 0.200. The zero-order chi connectivity index (χ0) is 14.9. The van der Waals surface area contributed by atoms with Gasteiger partial charge in [0.05, 0.1) is 5.41 Å². The van der Waals surface area contributed by atoms with Gasteiger partial charge in [-0.25, -0.2) is 0 Å². The van der Waals surface area contributed by atoms with Gasteiger partial charge in [-0.3, -0.25) is 20.4 Å². The van der Waals surface area contributed by atoms with Crippen molar-refractivity contribution in [1.29, 1.82) is 0 Å². The summed E-state index contributed by atoms with van der Waals surface area (Å²) in [6, 6.07) is 11.1. The Hall–Kier alpha value is -2.08. The molecule has 0 spiro atoms. The third-order valence-corrected chi connectivity index (χ3v) is 4.19. The van der Waals surface area contributed by atoms with E-state index >= 15 is 0 Å². The first-order valence-corrected chi connectivity index (χ1v) is 7.41. The third-order valence-electron chi connectivity index (χ3n) is 3.69. The van der Waals surface area contributed by atoms with Crippen molar-refractivity contribution in [2.24, 2.45) is 0 Å². The predicted octanol–water partition coefficient (Wildman–Crippen LogP) is 2.27. The van der Waals surface area contributed by atoms with Crippen LogP contribution in [0.2, 0.25) is 0 Å². The van der Waals surface area contributed by atoms with E-state index < -0.39 is 5.41 Å². The maximum Gasteiger partial charge on any atom is 0.286 e. The van der Waals surface area contributed by atoms with Crippen molar-refractivity contribution in [3.63, 3.8) is 0 Å². The molecule has 1 heterocycles. The van der Waals surface area contributed by atoms with Crippen molar-refractivity contribution in [2.75, 3.05) is 0 Å². The maximum absolute atomic E-state index is 12.4. The van der Waals surface area contributed by atoms with Crippen molar-refractivity contribution in [2.45, 2.75) is 18.3 Å². The quantitative estimate of drug-likeness (QED) is 0.745. The second kappa shape index (κ2) is 5.37. The molecule has 1 aliphatic carbocycles. The van der Waals surface area contributed by atoms with Crippen molar-refractivity contribution in [1.82, 2.24) is 15.8 Å². The summed E-state index contributed by atoms with van der Waals surface area (Å²) in [5, 5.41) is 0. The molecule has 0 saturated heterocycles. The molecule has 2 amide bonds. The molecule has 1 aromatic heterocycles. The molecule has 0 aliphatic heterocycles. The summed E-state index contributed by atoms with van der Waals surface area (Å²) in [4.78, 5) is 26.9. The van der Waals surface area contributed by atoms with Gasteiger partial charge in [-0.2, -0.15) is 0 Å². The number of amides is 2. The van der Waals surface area contributed by atoms with E-state index in [1.165, 1.54) is 0 Å².